The molecule has 0 unspecified atom stereocenters. The molecule has 1 fully saturated rings. The predicted molar refractivity (Wildman–Crippen MR) is 92.5 cm³/mol. The van der Waals surface area contributed by atoms with Crippen LogP contribution in [0.2, 0.25) is 5.02 Å². The fraction of sp³-hybridized carbons (Fsp3) is 0.353. The summed E-state index contributed by atoms with van der Waals surface area (Å²) in [4.78, 5) is 27.0. The summed E-state index contributed by atoms with van der Waals surface area (Å²) in [5.41, 5.74) is 0.768. The summed E-state index contributed by atoms with van der Waals surface area (Å²) in [5, 5.41) is 13.1. The second kappa shape index (κ2) is 7.84. The Labute approximate surface area is 154 Å². The number of aromatic nitrogens is 2. The quantitative estimate of drug-likeness (QED) is 0.854. The second-order valence-corrected chi connectivity index (χ2v) is 6.50. The van der Waals surface area contributed by atoms with Crippen LogP contribution in [0.4, 0.5) is 4.39 Å². The van der Waals surface area contributed by atoms with Crippen molar-refractivity contribution in [2.45, 2.75) is 13.1 Å². The molecule has 0 atom stereocenters. The van der Waals surface area contributed by atoms with Gasteiger partial charge in [-0.05, 0) is 23.8 Å². The Bertz CT molecular complexity index is 818. The Morgan fingerprint density at radius 2 is 1.92 bits per heavy atom. The molecule has 7 nitrogen and oxygen atoms in total. The molecule has 0 aliphatic carbocycles. The van der Waals surface area contributed by atoms with E-state index in [1.807, 2.05) is 0 Å². The molecular weight excluding hydrogens is 363 g/mol. The van der Waals surface area contributed by atoms with Crippen molar-refractivity contribution in [1.29, 1.82) is 0 Å². The number of rotatable bonds is 5. The van der Waals surface area contributed by atoms with Gasteiger partial charge in [0.15, 0.2) is 5.69 Å². The molecule has 9 heteroatoms. The minimum absolute atomic E-state index is 0.0110. The first-order valence-electron chi connectivity index (χ1n) is 8.13. The molecule has 1 aromatic heterocycles. The Morgan fingerprint density at radius 1 is 1.19 bits per heavy atom. The summed E-state index contributed by atoms with van der Waals surface area (Å²) < 4.78 is 14.4. The summed E-state index contributed by atoms with van der Waals surface area (Å²) in [6.45, 7) is 3.09. The first-order valence-corrected chi connectivity index (χ1v) is 8.51. The summed E-state index contributed by atoms with van der Waals surface area (Å²) in [7, 11) is 0. The molecular formula is C17H18ClFN4O3. The number of carboxylic acid groups (broad SMARTS) is 1. The van der Waals surface area contributed by atoms with Gasteiger partial charge in [0, 0.05) is 43.9 Å². The van der Waals surface area contributed by atoms with Gasteiger partial charge in [0.25, 0.3) is 0 Å². The highest BCUT2D eigenvalue weighted by atomic mass is 35.5. The van der Waals surface area contributed by atoms with Gasteiger partial charge in [-0.3, -0.25) is 14.4 Å². The summed E-state index contributed by atoms with van der Waals surface area (Å²) in [6, 6.07) is 5.72. The van der Waals surface area contributed by atoms with Crippen LogP contribution in [0.3, 0.4) is 0 Å². The van der Waals surface area contributed by atoms with Crippen LogP contribution >= 0.6 is 11.6 Å². The van der Waals surface area contributed by atoms with Gasteiger partial charge in [-0.2, -0.15) is 5.10 Å². The Kier molecular flexibility index (Phi) is 5.53. The van der Waals surface area contributed by atoms with Gasteiger partial charge in [-0.15, -0.1) is 0 Å². The fourth-order valence-corrected chi connectivity index (χ4v) is 3.08. The number of hydrogen-bond acceptors (Lipinski definition) is 4. The molecule has 0 spiro atoms. The van der Waals surface area contributed by atoms with E-state index in [2.05, 4.69) is 10.00 Å². The van der Waals surface area contributed by atoms with E-state index in [1.54, 1.807) is 11.0 Å². The number of benzene rings is 1. The van der Waals surface area contributed by atoms with Crippen LogP contribution in [0.1, 0.15) is 16.1 Å². The SMILES string of the molecule is O=C(O)c1ccn(CC(=O)N2CCN(Cc3ccc(F)cc3Cl)CC2)n1. The van der Waals surface area contributed by atoms with Crippen LogP contribution in [0.15, 0.2) is 30.5 Å². The lowest BCUT2D eigenvalue weighted by molar-refractivity contribution is -0.133. The van der Waals surface area contributed by atoms with Crippen molar-refractivity contribution < 1.29 is 19.1 Å². The van der Waals surface area contributed by atoms with Crippen molar-refractivity contribution in [3.8, 4) is 0 Å². The minimum atomic E-state index is -1.12. The molecule has 1 amide bonds. The van der Waals surface area contributed by atoms with E-state index in [1.165, 1.54) is 29.1 Å². The Morgan fingerprint density at radius 3 is 2.54 bits per heavy atom. The number of hydrogen-bond donors (Lipinski definition) is 1. The van der Waals surface area contributed by atoms with Gasteiger partial charge in [0.05, 0.1) is 0 Å². The lowest BCUT2D eigenvalue weighted by Gasteiger charge is -2.34. The summed E-state index contributed by atoms with van der Waals surface area (Å²) in [6.07, 6.45) is 1.48. The first-order chi connectivity index (χ1) is 12.4. The number of piperazine rings is 1. The fourth-order valence-electron chi connectivity index (χ4n) is 2.85. The highest BCUT2D eigenvalue weighted by molar-refractivity contribution is 6.31. The van der Waals surface area contributed by atoms with Crippen LogP contribution in [0, 0.1) is 5.82 Å². The average Bonchev–Trinajstić information content (AvgIpc) is 3.07. The highest BCUT2D eigenvalue weighted by Gasteiger charge is 2.22. The van der Waals surface area contributed by atoms with Crippen LogP contribution in [-0.2, 0) is 17.9 Å². The highest BCUT2D eigenvalue weighted by Crippen LogP contribution is 2.19. The van der Waals surface area contributed by atoms with Crippen LogP contribution in [0.5, 0.6) is 0 Å². The van der Waals surface area contributed by atoms with Crippen molar-refractivity contribution in [3.63, 3.8) is 0 Å². The van der Waals surface area contributed by atoms with Crippen LogP contribution in [0.25, 0.3) is 0 Å². The maximum atomic E-state index is 13.1. The van der Waals surface area contributed by atoms with E-state index in [0.717, 1.165) is 5.56 Å². The molecule has 26 heavy (non-hydrogen) atoms. The van der Waals surface area contributed by atoms with E-state index in [0.29, 0.717) is 37.7 Å². The number of nitrogens with zero attached hydrogens (tertiary/aromatic N) is 4. The third kappa shape index (κ3) is 4.39. The molecule has 1 aromatic carbocycles. The van der Waals surface area contributed by atoms with E-state index >= 15 is 0 Å². The van der Waals surface area contributed by atoms with Crippen molar-refractivity contribution in [2.24, 2.45) is 0 Å². The number of carboxylic acids is 1. The van der Waals surface area contributed by atoms with Crippen LogP contribution in [-0.4, -0.2) is 62.7 Å². The zero-order valence-corrected chi connectivity index (χ0v) is 14.7. The monoisotopic (exact) mass is 380 g/mol. The van der Waals surface area contributed by atoms with Gasteiger partial charge in [0.2, 0.25) is 5.91 Å². The van der Waals surface area contributed by atoms with Gasteiger partial charge in [0.1, 0.15) is 12.4 Å². The second-order valence-electron chi connectivity index (χ2n) is 6.10. The molecule has 1 N–H and O–H groups in total. The average molecular weight is 381 g/mol. The maximum absolute atomic E-state index is 13.1. The molecule has 3 rings (SSSR count). The molecule has 0 saturated carbocycles. The largest absolute Gasteiger partial charge is 0.476 e. The zero-order chi connectivity index (χ0) is 18.7. The number of carbonyl (C=O) groups excluding carboxylic acids is 1. The predicted octanol–water partition coefficient (Wildman–Crippen LogP) is 1.72. The van der Waals surface area contributed by atoms with Gasteiger partial charge >= 0.3 is 5.97 Å². The van der Waals surface area contributed by atoms with Crippen LogP contribution < -0.4 is 0 Å². The number of carbonyl (C=O) groups is 2. The normalized spacial score (nSPS) is 15.2. The summed E-state index contributed by atoms with van der Waals surface area (Å²) in [5.74, 6) is -1.59. The zero-order valence-electron chi connectivity index (χ0n) is 13.9. The smallest absolute Gasteiger partial charge is 0.356 e. The van der Waals surface area contributed by atoms with Crippen molar-refractivity contribution in [1.82, 2.24) is 19.6 Å². The van der Waals surface area contributed by atoms with E-state index in [9.17, 15) is 14.0 Å². The van der Waals surface area contributed by atoms with E-state index in [-0.39, 0.29) is 24.0 Å². The molecule has 1 aliphatic heterocycles. The van der Waals surface area contributed by atoms with Gasteiger partial charge < -0.3 is 10.0 Å². The number of halogens is 2. The Hall–Kier alpha value is -2.45. The topological polar surface area (TPSA) is 78.7 Å². The first kappa shape index (κ1) is 18.3. The van der Waals surface area contributed by atoms with E-state index < -0.39 is 5.97 Å². The maximum Gasteiger partial charge on any atom is 0.356 e. The summed E-state index contributed by atoms with van der Waals surface area (Å²) >= 11 is 6.06. The lowest BCUT2D eigenvalue weighted by Crippen LogP contribution is -2.49. The Balaban J connectivity index is 1.51. The molecule has 2 aromatic rings. The standard InChI is InChI=1S/C17H18ClFN4O3/c18-14-9-13(19)2-1-12(14)10-21-5-7-22(8-6-21)16(24)11-23-4-3-15(20-23)17(25)26/h1-4,9H,5-8,10-11H2,(H,25,26). The third-order valence-corrected chi connectivity index (χ3v) is 4.64. The number of amides is 1. The van der Waals surface area contributed by atoms with Gasteiger partial charge in [-0.1, -0.05) is 17.7 Å². The third-order valence-electron chi connectivity index (χ3n) is 4.29. The molecule has 0 bridgehead atoms. The molecule has 1 aliphatic rings. The molecule has 0 radical (unpaired) electrons. The molecule has 2 heterocycles. The molecule has 138 valence electrons. The van der Waals surface area contributed by atoms with Crippen molar-refractivity contribution >= 4 is 23.5 Å². The minimum Gasteiger partial charge on any atom is -0.476 e. The number of aromatic carboxylic acids is 1. The van der Waals surface area contributed by atoms with Crippen molar-refractivity contribution in [2.75, 3.05) is 26.2 Å². The molecule has 1 saturated heterocycles. The lowest BCUT2D eigenvalue weighted by atomic mass is 10.2. The van der Waals surface area contributed by atoms with E-state index in [4.69, 9.17) is 16.7 Å². The van der Waals surface area contributed by atoms with Crippen molar-refractivity contribution in [3.05, 3.63) is 52.6 Å². The van der Waals surface area contributed by atoms with Gasteiger partial charge in [-0.25, -0.2) is 9.18 Å².